The van der Waals surface area contributed by atoms with Crippen molar-refractivity contribution in [2.45, 2.75) is 42.8 Å². The maximum atomic E-state index is 13.1. The zero-order valence-electron chi connectivity index (χ0n) is 16.1. The molecule has 2 N–H and O–H groups in total. The second-order valence-corrected chi connectivity index (χ2v) is 10.3. The predicted molar refractivity (Wildman–Crippen MR) is 110 cm³/mol. The first-order chi connectivity index (χ1) is 14.3. The van der Waals surface area contributed by atoms with Gasteiger partial charge in [-0.15, -0.1) is 0 Å². The Balaban J connectivity index is 1.53. The molecule has 0 radical (unpaired) electrons. The Morgan fingerprint density at radius 2 is 1.60 bits per heavy atom. The summed E-state index contributed by atoms with van der Waals surface area (Å²) in [4.78, 5) is 12.6. The molecule has 9 heteroatoms. The molecule has 2 saturated heterocycles. The zero-order valence-corrected chi connectivity index (χ0v) is 17.7. The molecule has 2 heterocycles. The highest BCUT2D eigenvalue weighted by Gasteiger charge is 2.51. The third-order valence-corrected chi connectivity index (χ3v) is 7.89. The van der Waals surface area contributed by atoms with Crippen LogP contribution in [-0.4, -0.2) is 37.5 Å². The van der Waals surface area contributed by atoms with Gasteiger partial charge in [0.05, 0.1) is 28.3 Å². The van der Waals surface area contributed by atoms with E-state index in [0.717, 1.165) is 12.8 Å². The number of halogens is 1. The van der Waals surface area contributed by atoms with Gasteiger partial charge < -0.3 is 9.47 Å². The number of carbonyl (C=O) groups excluding carboxylic acids is 1. The van der Waals surface area contributed by atoms with E-state index in [1.54, 1.807) is 41.9 Å². The SMILES string of the molecule is O=C(NO)[C@@]1(CS(=O)(=O)c2ccc(Oc3ccc(Cl)cc3)cc2)C[C@H]2CC[C@@H](C1)O2. The molecule has 0 spiro atoms. The van der Waals surface area contributed by atoms with E-state index in [2.05, 4.69) is 0 Å². The first-order valence-electron chi connectivity index (χ1n) is 9.66. The van der Waals surface area contributed by atoms with Gasteiger partial charge in [-0.25, -0.2) is 13.9 Å². The van der Waals surface area contributed by atoms with Crippen LogP contribution in [0, 0.1) is 5.41 Å². The van der Waals surface area contributed by atoms with Gasteiger partial charge in [-0.05, 0) is 74.2 Å². The summed E-state index contributed by atoms with van der Waals surface area (Å²) in [6.07, 6.45) is 1.81. The molecular weight excluding hydrogens is 430 g/mol. The first kappa shape index (κ1) is 21.1. The van der Waals surface area contributed by atoms with Crippen LogP contribution >= 0.6 is 11.6 Å². The number of amides is 1. The lowest BCUT2D eigenvalue weighted by molar-refractivity contribution is -0.148. The third kappa shape index (κ3) is 4.32. The molecule has 2 aromatic rings. The topological polar surface area (TPSA) is 102 Å². The second kappa shape index (κ2) is 8.19. The van der Waals surface area contributed by atoms with Crippen molar-refractivity contribution in [3.8, 4) is 11.5 Å². The van der Waals surface area contributed by atoms with Crippen molar-refractivity contribution < 1.29 is 27.9 Å². The highest BCUT2D eigenvalue weighted by Crippen LogP contribution is 2.45. The summed E-state index contributed by atoms with van der Waals surface area (Å²) in [5, 5.41) is 9.84. The maximum Gasteiger partial charge on any atom is 0.250 e. The number of benzene rings is 2. The molecule has 0 aromatic heterocycles. The smallest absolute Gasteiger partial charge is 0.250 e. The van der Waals surface area contributed by atoms with Crippen LogP contribution in [0.2, 0.25) is 5.02 Å². The summed E-state index contributed by atoms with van der Waals surface area (Å²) in [5.74, 6) is -0.0106. The van der Waals surface area contributed by atoms with Crippen LogP contribution in [-0.2, 0) is 19.4 Å². The van der Waals surface area contributed by atoms with Crippen LogP contribution in [0.5, 0.6) is 11.5 Å². The van der Waals surface area contributed by atoms with Crippen LogP contribution in [0.15, 0.2) is 53.4 Å². The molecule has 4 rings (SSSR count). The summed E-state index contributed by atoms with van der Waals surface area (Å²) in [5.41, 5.74) is 0.458. The molecule has 160 valence electrons. The summed E-state index contributed by atoms with van der Waals surface area (Å²) in [6, 6.07) is 12.9. The Kier molecular flexibility index (Phi) is 5.76. The van der Waals surface area contributed by atoms with Gasteiger partial charge in [0.2, 0.25) is 0 Å². The zero-order chi connectivity index (χ0) is 21.4. The summed E-state index contributed by atoms with van der Waals surface area (Å²) in [6.45, 7) is 0. The third-order valence-electron chi connectivity index (χ3n) is 5.71. The highest BCUT2D eigenvalue weighted by molar-refractivity contribution is 7.91. The fourth-order valence-electron chi connectivity index (χ4n) is 4.32. The van der Waals surface area contributed by atoms with Gasteiger partial charge in [-0.3, -0.25) is 10.0 Å². The summed E-state index contributed by atoms with van der Waals surface area (Å²) >= 11 is 5.86. The fraction of sp³-hybridized carbons (Fsp3) is 0.381. The van der Waals surface area contributed by atoms with Gasteiger partial charge in [0.1, 0.15) is 11.5 Å². The van der Waals surface area contributed by atoms with Gasteiger partial charge in [0.25, 0.3) is 5.91 Å². The lowest BCUT2D eigenvalue weighted by Gasteiger charge is -2.38. The fourth-order valence-corrected chi connectivity index (χ4v) is 6.26. The Morgan fingerprint density at radius 1 is 1.07 bits per heavy atom. The molecular formula is C21H22ClNO6S. The van der Waals surface area contributed by atoms with Crippen molar-refractivity contribution in [3.05, 3.63) is 53.6 Å². The number of rotatable bonds is 6. The monoisotopic (exact) mass is 451 g/mol. The number of fused-ring (bicyclic) bond motifs is 2. The standard InChI is InChI=1S/C21H22ClNO6S/c22-14-1-3-15(4-2-14)28-16-7-9-19(10-8-16)30(26,27)13-21(20(24)23-25)11-17-5-6-18(12-21)29-17/h1-4,7-10,17-18,25H,5-6,11-13H2,(H,23,24)/t17-,18+,21+. The molecule has 7 nitrogen and oxygen atoms in total. The van der Waals surface area contributed by atoms with Gasteiger partial charge in [-0.2, -0.15) is 0 Å². The highest BCUT2D eigenvalue weighted by atomic mass is 35.5. The van der Waals surface area contributed by atoms with Crippen LogP contribution in [0.25, 0.3) is 0 Å². The van der Waals surface area contributed by atoms with Gasteiger partial charge in [0.15, 0.2) is 9.84 Å². The lowest BCUT2D eigenvalue weighted by Crippen LogP contribution is -2.50. The van der Waals surface area contributed by atoms with Crippen molar-refractivity contribution >= 4 is 27.3 Å². The molecule has 2 aliphatic rings. The largest absolute Gasteiger partial charge is 0.457 e. The minimum Gasteiger partial charge on any atom is -0.457 e. The lowest BCUT2D eigenvalue weighted by atomic mass is 9.78. The van der Waals surface area contributed by atoms with Crippen LogP contribution in [0.4, 0.5) is 0 Å². The Hall–Kier alpha value is -2.13. The second-order valence-electron chi connectivity index (χ2n) is 7.87. The molecule has 30 heavy (non-hydrogen) atoms. The van der Waals surface area contributed by atoms with E-state index in [4.69, 9.17) is 21.1 Å². The number of ether oxygens (including phenoxy) is 2. The molecule has 2 aromatic carbocycles. The Bertz CT molecular complexity index is 1010. The predicted octanol–water partition coefficient (Wildman–Crippen LogP) is 3.74. The van der Waals surface area contributed by atoms with E-state index in [1.165, 1.54) is 12.1 Å². The molecule has 0 aliphatic carbocycles. The Morgan fingerprint density at radius 3 is 2.13 bits per heavy atom. The molecule has 3 atom stereocenters. The van der Waals surface area contributed by atoms with Crippen LogP contribution in [0.3, 0.4) is 0 Å². The Labute approximate surface area is 179 Å². The minimum atomic E-state index is -3.79. The number of nitrogens with one attached hydrogen (secondary N) is 1. The van der Waals surface area contributed by atoms with E-state index in [1.807, 2.05) is 0 Å². The summed E-state index contributed by atoms with van der Waals surface area (Å²) < 4.78 is 37.7. The quantitative estimate of drug-likeness (QED) is 0.512. The molecule has 2 fully saturated rings. The van der Waals surface area contributed by atoms with Crippen molar-refractivity contribution in [1.82, 2.24) is 5.48 Å². The molecule has 0 saturated carbocycles. The number of hydrogen-bond acceptors (Lipinski definition) is 6. The van der Waals surface area contributed by atoms with Crippen molar-refractivity contribution in [2.24, 2.45) is 5.41 Å². The average Bonchev–Trinajstić information content (AvgIpc) is 3.07. The van der Waals surface area contributed by atoms with E-state index < -0.39 is 21.2 Å². The van der Waals surface area contributed by atoms with Crippen LogP contribution < -0.4 is 10.2 Å². The summed E-state index contributed by atoms with van der Waals surface area (Å²) in [7, 11) is -3.79. The van der Waals surface area contributed by atoms with Gasteiger partial charge >= 0.3 is 0 Å². The molecule has 2 bridgehead atoms. The molecule has 2 aliphatic heterocycles. The minimum absolute atomic E-state index is 0.0925. The van der Waals surface area contributed by atoms with Gasteiger partial charge in [0, 0.05) is 5.02 Å². The number of hydroxylamine groups is 1. The maximum absolute atomic E-state index is 13.1. The molecule has 1 amide bonds. The van der Waals surface area contributed by atoms with Crippen molar-refractivity contribution in [3.63, 3.8) is 0 Å². The van der Waals surface area contributed by atoms with Crippen LogP contribution in [0.1, 0.15) is 25.7 Å². The normalized spacial score (nSPS) is 25.7. The average molecular weight is 452 g/mol. The number of carbonyl (C=O) groups is 1. The molecule has 0 unspecified atom stereocenters. The van der Waals surface area contributed by atoms with E-state index >= 15 is 0 Å². The van der Waals surface area contributed by atoms with Crippen molar-refractivity contribution in [2.75, 3.05) is 5.75 Å². The number of sulfone groups is 1. The van der Waals surface area contributed by atoms with E-state index in [9.17, 15) is 18.4 Å². The van der Waals surface area contributed by atoms with E-state index in [0.29, 0.717) is 16.5 Å². The van der Waals surface area contributed by atoms with Crippen molar-refractivity contribution in [1.29, 1.82) is 0 Å². The number of hydrogen-bond donors (Lipinski definition) is 2. The van der Waals surface area contributed by atoms with Gasteiger partial charge in [-0.1, -0.05) is 11.6 Å². The first-order valence-corrected chi connectivity index (χ1v) is 11.7. The van der Waals surface area contributed by atoms with E-state index in [-0.39, 0.29) is 35.7 Å².